The van der Waals surface area contributed by atoms with Crippen LogP contribution >= 0.6 is 11.3 Å². The predicted molar refractivity (Wildman–Crippen MR) is 208 cm³/mol. The fraction of sp³-hybridized carbons (Fsp3) is 0.538. The van der Waals surface area contributed by atoms with Gasteiger partial charge < -0.3 is 53.1 Å². The second-order valence-corrected chi connectivity index (χ2v) is 17.5. The van der Waals surface area contributed by atoms with Gasteiger partial charge >= 0.3 is 18.0 Å². The summed E-state index contributed by atoms with van der Waals surface area (Å²) in [6.07, 6.45) is -2.47. The number of sulfonamides is 1. The number of rotatable bonds is 22. The molecule has 2 fully saturated rings. The number of aryl methyl sites for hydroxylation is 1. The molecule has 5 atom stereocenters. The quantitative estimate of drug-likeness (QED) is 0.109. The molecule has 1 aromatic heterocycles. The Morgan fingerprint density at radius 1 is 1.02 bits per heavy atom. The number of esters is 1. The molecule has 2 N–H and O–H groups in total. The van der Waals surface area contributed by atoms with Crippen molar-refractivity contribution in [2.24, 2.45) is 11.8 Å². The summed E-state index contributed by atoms with van der Waals surface area (Å²) in [7, 11) is -4.26. The Hall–Kier alpha value is -4.57. The Morgan fingerprint density at radius 3 is 2.51 bits per heavy atom. The molecule has 2 saturated heterocycles. The number of benzene rings is 2. The third kappa shape index (κ3) is 12.5. The van der Waals surface area contributed by atoms with Gasteiger partial charge in [0.2, 0.25) is 16.8 Å². The van der Waals surface area contributed by atoms with E-state index in [1.165, 1.54) is 33.8 Å². The van der Waals surface area contributed by atoms with E-state index < -0.39 is 65.8 Å². The van der Waals surface area contributed by atoms with E-state index in [2.05, 4.69) is 10.3 Å². The van der Waals surface area contributed by atoms with Gasteiger partial charge in [-0.2, -0.15) is 4.31 Å². The minimum Gasteiger partial charge on any atom is -0.487 e. The van der Waals surface area contributed by atoms with E-state index in [9.17, 15) is 22.8 Å². The van der Waals surface area contributed by atoms with Crippen LogP contribution in [0, 0.1) is 18.8 Å². The number of nitrogens with zero attached hydrogens (tertiary/aromatic N) is 2. The summed E-state index contributed by atoms with van der Waals surface area (Å²) < 4.78 is 80.3. The lowest BCUT2D eigenvalue weighted by molar-refractivity contribution is -0.157. The number of thiazole rings is 1. The van der Waals surface area contributed by atoms with Crippen LogP contribution in [0.4, 0.5) is 4.79 Å². The maximum Gasteiger partial charge on any atom is 0.407 e. The zero-order valence-corrected chi connectivity index (χ0v) is 34.6. The largest absolute Gasteiger partial charge is 0.487 e. The number of carbonyl (C=O) groups excluding carboxylic acids is 2. The van der Waals surface area contributed by atoms with Crippen molar-refractivity contribution in [1.82, 2.24) is 14.6 Å². The Morgan fingerprint density at radius 2 is 1.78 bits per heavy atom. The Balaban J connectivity index is 1.26. The van der Waals surface area contributed by atoms with Crippen LogP contribution in [-0.2, 0) is 61.1 Å². The number of ether oxygens (including phenoxy) is 9. The van der Waals surface area contributed by atoms with Crippen molar-refractivity contribution in [3.05, 3.63) is 64.1 Å². The lowest BCUT2D eigenvalue weighted by Gasteiger charge is -2.33. The van der Waals surface area contributed by atoms with Gasteiger partial charge in [0.25, 0.3) is 0 Å². The van der Waals surface area contributed by atoms with Crippen molar-refractivity contribution in [2.45, 2.75) is 69.7 Å². The zero-order valence-electron chi connectivity index (χ0n) is 32.9. The second kappa shape index (κ2) is 20.6. The highest BCUT2D eigenvalue weighted by molar-refractivity contribution is 7.89. The van der Waals surface area contributed by atoms with Crippen LogP contribution in [0.1, 0.15) is 36.5 Å². The van der Waals surface area contributed by atoms with Crippen molar-refractivity contribution in [1.29, 1.82) is 0 Å². The van der Waals surface area contributed by atoms with Gasteiger partial charge in [0.05, 0.1) is 60.5 Å². The van der Waals surface area contributed by atoms with Crippen molar-refractivity contribution >= 4 is 39.4 Å². The topological polar surface area (TPSA) is 217 Å². The van der Waals surface area contributed by atoms with Crippen molar-refractivity contribution in [3.8, 4) is 17.2 Å². The summed E-state index contributed by atoms with van der Waals surface area (Å²) in [5.41, 5.74) is 1.49. The molecule has 0 bridgehead atoms. The third-order valence-electron chi connectivity index (χ3n) is 9.46. The van der Waals surface area contributed by atoms with E-state index in [0.717, 1.165) is 10.7 Å². The molecule has 0 aliphatic carbocycles. The molecular weight excluding hydrogens is 815 g/mol. The van der Waals surface area contributed by atoms with Crippen LogP contribution < -0.4 is 19.5 Å². The first-order valence-corrected chi connectivity index (χ1v) is 21.5. The molecule has 0 spiro atoms. The van der Waals surface area contributed by atoms with E-state index in [0.29, 0.717) is 30.1 Å². The van der Waals surface area contributed by atoms with Crippen LogP contribution in [0.15, 0.2) is 52.7 Å². The maximum atomic E-state index is 14.4. The molecule has 18 nitrogen and oxygen atoms in total. The molecule has 0 radical (unpaired) electrons. The van der Waals surface area contributed by atoms with Crippen molar-refractivity contribution < 1.29 is 70.5 Å². The smallest absolute Gasteiger partial charge is 0.407 e. The molecular formula is C39H49N3O15S2. The van der Waals surface area contributed by atoms with Gasteiger partial charge in [-0.15, -0.1) is 11.3 Å². The first kappa shape index (κ1) is 44.0. The SMILES string of the molecule is Cc1nc(COc2ccc(C[C@H](NC(=O)OC3CO[C@H]4OCC[C@@H]34)[C@@H](CN(CC(C)C)S(=O)(=O)c3ccc4c(c3)OCO4)OC(=O)COCCOCC(=O)O)cc2)cs1. The highest BCUT2D eigenvalue weighted by atomic mass is 32.2. The molecule has 1 amide bonds. The lowest BCUT2D eigenvalue weighted by Crippen LogP contribution is -2.53. The summed E-state index contributed by atoms with van der Waals surface area (Å²) in [5.74, 6) is -1.11. The Kier molecular flexibility index (Phi) is 15.4. The van der Waals surface area contributed by atoms with Gasteiger partial charge in [-0.3, -0.25) is 0 Å². The number of carboxylic acid groups (broad SMARTS) is 1. The molecule has 2 aromatic carbocycles. The number of nitrogens with one attached hydrogen (secondary N) is 1. The summed E-state index contributed by atoms with van der Waals surface area (Å²) in [6.45, 7) is 4.74. The fourth-order valence-electron chi connectivity index (χ4n) is 6.70. The third-order valence-corrected chi connectivity index (χ3v) is 12.1. The number of fused-ring (bicyclic) bond motifs is 2. The van der Waals surface area contributed by atoms with Crippen LogP contribution in [0.2, 0.25) is 0 Å². The average Bonchev–Trinajstić information content (AvgIpc) is 4.02. The number of amides is 1. The zero-order chi connectivity index (χ0) is 41.9. The van der Waals surface area contributed by atoms with Crippen molar-refractivity contribution in [2.75, 3.05) is 59.5 Å². The number of carbonyl (C=O) groups is 3. The predicted octanol–water partition coefficient (Wildman–Crippen LogP) is 3.53. The summed E-state index contributed by atoms with van der Waals surface area (Å²) >= 11 is 1.53. The van der Waals surface area contributed by atoms with E-state index in [1.54, 1.807) is 24.3 Å². The molecule has 59 heavy (non-hydrogen) atoms. The van der Waals surface area contributed by atoms with Gasteiger partial charge in [-0.25, -0.2) is 27.8 Å². The van der Waals surface area contributed by atoms with Gasteiger partial charge in [0.1, 0.15) is 37.8 Å². The summed E-state index contributed by atoms with van der Waals surface area (Å²) in [6, 6.07) is 10.4. The maximum absolute atomic E-state index is 14.4. The molecule has 3 aliphatic rings. The monoisotopic (exact) mass is 863 g/mol. The highest BCUT2D eigenvalue weighted by Crippen LogP contribution is 2.35. The Bertz CT molecular complexity index is 1990. The van der Waals surface area contributed by atoms with Crippen LogP contribution in [-0.4, -0.2) is 125 Å². The van der Waals surface area contributed by atoms with Gasteiger partial charge in [-0.05, 0) is 55.5 Å². The van der Waals surface area contributed by atoms with E-state index in [4.69, 9.17) is 47.7 Å². The molecule has 3 aromatic rings. The molecule has 4 heterocycles. The summed E-state index contributed by atoms with van der Waals surface area (Å²) in [5, 5.41) is 14.5. The molecule has 0 saturated carbocycles. The minimum absolute atomic E-state index is 0.0203. The first-order valence-electron chi connectivity index (χ1n) is 19.1. The number of alkyl carbamates (subject to hydrolysis) is 1. The van der Waals surface area contributed by atoms with E-state index in [-0.39, 0.29) is 75.2 Å². The normalized spacial score (nSPS) is 19.4. The van der Waals surface area contributed by atoms with Crippen LogP contribution in [0.25, 0.3) is 0 Å². The minimum atomic E-state index is -4.26. The van der Waals surface area contributed by atoms with E-state index >= 15 is 0 Å². The molecule has 322 valence electrons. The van der Waals surface area contributed by atoms with Crippen LogP contribution in [0.3, 0.4) is 0 Å². The number of aliphatic carboxylic acids is 1. The van der Waals surface area contributed by atoms with E-state index in [1.807, 2.05) is 26.2 Å². The number of aromatic nitrogens is 1. The lowest BCUT2D eigenvalue weighted by atomic mass is 10.0. The molecule has 6 rings (SSSR count). The first-order chi connectivity index (χ1) is 28.3. The average molecular weight is 864 g/mol. The van der Waals surface area contributed by atoms with Gasteiger partial charge in [0.15, 0.2) is 17.8 Å². The highest BCUT2D eigenvalue weighted by Gasteiger charge is 2.44. The van der Waals surface area contributed by atoms with Gasteiger partial charge in [-0.1, -0.05) is 26.0 Å². The fourth-order valence-corrected chi connectivity index (χ4v) is 8.93. The van der Waals surface area contributed by atoms with Crippen molar-refractivity contribution in [3.63, 3.8) is 0 Å². The molecule has 20 heteroatoms. The number of hydrogen-bond donors (Lipinski definition) is 2. The molecule has 1 unspecified atom stereocenters. The molecule has 3 aliphatic heterocycles. The standard InChI is InChI=1S/C39H49N3O15S2/c1-24(2)16-42(59(47,48)29-8-9-32-33(15-29)55-23-54-32)17-34(56-37(45)21-50-13-12-49-20-36(43)44)31(41-39(46)57-35-19-53-38-30(35)10-11-51-38)14-26-4-6-28(7-5-26)52-18-27-22-58-25(3)40-27/h4-9,15,22,24,30-31,34-35,38H,10-14,16-21,23H2,1-3H3,(H,41,46)(H,43,44)/t30-,31-,34+,35?,38+/m0/s1. The number of hydrogen-bond acceptors (Lipinski definition) is 16. The van der Waals surface area contributed by atoms with Gasteiger partial charge in [0, 0.05) is 18.0 Å². The number of carboxylic acids is 1. The van der Waals surface area contributed by atoms with Crippen LogP contribution in [0.5, 0.6) is 17.2 Å². The second-order valence-electron chi connectivity index (χ2n) is 14.5. The Labute approximate surface area is 346 Å². The summed E-state index contributed by atoms with van der Waals surface area (Å²) in [4.78, 5) is 42.3.